The van der Waals surface area contributed by atoms with Crippen molar-refractivity contribution in [1.82, 2.24) is 4.98 Å². The van der Waals surface area contributed by atoms with Crippen LogP contribution in [0.5, 0.6) is 0 Å². The van der Waals surface area contributed by atoms with Crippen molar-refractivity contribution in [1.29, 1.82) is 0 Å². The van der Waals surface area contributed by atoms with Crippen LogP contribution in [0.2, 0.25) is 5.02 Å². The minimum Gasteiger partial charge on any atom is -0.478 e. The summed E-state index contributed by atoms with van der Waals surface area (Å²) >= 11 is 5.68. The molecule has 0 aliphatic rings. The SMILES string of the molecule is CCc1cc(Cl)c(C(=O)O)cn1. The van der Waals surface area contributed by atoms with Gasteiger partial charge >= 0.3 is 5.97 Å². The zero-order valence-electron chi connectivity index (χ0n) is 6.54. The van der Waals surface area contributed by atoms with E-state index in [1.54, 1.807) is 6.07 Å². The van der Waals surface area contributed by atoms with Crippen molar-refractivity contribution in [3.63, 3.8) is 0 Å². The van der Waals surface area contributed by atoms with Crippen LogP contribution in [0, 0.1) is 0 Å². The molecule has 12 heavy (non-hydrogen) atoms. The van der Waals surface area contributed by atoms with Gasteiger partial charge < -0.3 is 5.11 Å². The first-order valence-corrected chi connectivity index (χ1v) is 3.90. The van der Waals surface area contributed by atoms with E-state index in [2.05, 4.69) is 4.98 Å². The summed E-state index contributed by atoms with van der Waals surface area (Å²) in [4.78, 5) is 14.4. The Balaban J connectivity index is 3.12. The number of hydrogen-bond donors (Lipinski definition) is 1. The Hall–Kier alpha value is -1.09. The maximum Gasteiger partial charge on any atom is 0.338 e. The molecular weight excluding hydrogens is 178 g/mol. The molecule has 1 rings (SSSR count). The number of rotatable bonds is 2. The number of nitrogens with zero attached hydrogens (tertiary/aromatic N) is 1. The number of aryl methyl sites for hydroxylation is 1. The molecule has 0 aliphatic carbocycles. The molecule has 0 atom stereocenters. The summed E-state index contributed by atoms with van der Waals surface area (Å²) in [6.45, 7) is 1.93. The van der Waals surface area contributed by atoms with Crippen LogP contribution in [0.1, 0.15) is 23.0 Å². The van der Waals surface area contributed by atoms with E-state index >= 15 is 0 Å². The summed E-state index contributed by atoms with van der Waals surface area (Å²) in [7, 11) is 0. The van der Waals surface area contributed by atoms with E-state index in [1.165, 1.54) is 6.20 Å². The fourth-order valence-corrected chi connectivity index (χ4v) is 1.08. The lowest BCUT2D eigenvalue weighted by molar-refractivity contribution is 0.0696. The van der Waals surface area contributed by atoms with Gasteiger partial charge in [0.1, 0.15) is 0 Å². The minimum atomic E-state index is -1.05. The summed E-state index contributed by atoms with van der Waals surface area (Å²) in [5, 5.41) is 8.85. The molecule has 3 nitrogen and oxygen atoms in total. The minimum absolute atomic E-state index is 0.0499. The van der Waals surface area contributed by atoms with Gasteiger partial charge in [0.25, 0.3) is 0 Å². The second kappa shape index (κ2) is 3.54. The van der Waals surface area contributed by atoms with Crippen molar-refractivity contribution in [2.45, 2.75) is 13.3 Å². The van der Waals surface area contributed by atoms with E-state index in [0.717, 1.165) is 12.1 Å². The molecule has 1 heterocycles. The molecule has 0 spiro atoms. The van der Waals surface area contributed by atoms with Crippen LogP contribution in [0.3, 0.4) is 0 Å². The van der Waals surface area contributed by atoms with Gasteiger partial charge in [0.2, 0.25) is 0 Å². The molecular formula is C8H8ClNO2. The van der Waals surface area contributed by atoms with Crippen molar-refractivity contribution in [2.75, 3.05) is 0 Å². The highest BCUT2D eigenvalue weighted by atomic mass is 35.5. The number of carboxylic acids is 1. The molecule has 4 heteroatoms. The van der Waals surface area contributed by atoms with Crippen molar-refractivity contribution in [3.8, 4) is 0 Å². The number of halogens is 1. The Kier molecular flexibility index (Phi) is 2.65. The van der Waals surface area contributed by atoms with E-state index < -0.39 is 5.97 Å². The molecule has 0 aliphatic heterocycles. The Labute approximate surface area is 75.0 Å². The van der Waals surface area contributed by atoms with Crippen LogP contribution in [-0.2, 0) is 6.42 Å². The highest BCUT2D eigenvalue weighted by molar-refractivity contribution is 6.33. The van der Waals surface area contributed by atoms with Gasteiger partial charge in [0.15, 0.2) is 0 Å². The number of hydrogen-bond acceptors (Lipinski definition) is 2. The second-order valence-electron chi connectivity index (χ2n) is 2.31. The van der Waals surface area contributed by atoms with Crippen LogP contribution in [-0.4, -0.2) is 16.1 Å². The van der Waals surface area contributed by atoms with Crippen molar-refractivity contribution in [2.24, 2.45) is 0 Å². The second-order valence-corrected chi connectivity index (χ2v) is 2.72. The maximum atomic E-state index is 10.5. The topological polar surface area (TPSA) is 50.2 Å². The van der Waals surface area contributed by atoms with Crippen LogP contribution in [0.15, 0.2) is 12.3 Å². The smallest absolute Gasteiger partial charge is 0.338 e. The molecule has 0 fully saturated rings. The summed E-state index contributed by atoms with van der Waals surface area (Å²) in [6.07, 6.45) is 2.03. The third-order valence-electron chi connectivity index (χ3n) is 1.50. The van der Waals surface area contributed by atoms with Gasteiger partial charge in [-0.1, -0.05) is 18.5 Å². The summed E-state index contributed by atoms with van der Waals surface area (Å²) in [5.74, 6) is -1.05. The Morgan fingerprint density at radius 3 is 2.83 bits per heavy atom. The van der Waals surface area contributed by atoms with Gasteiger partial charge in [0.05, 0.1) is 10.6 Å². The van der Waals surface area contributed by atoms with E-state index in [1.807, 2.05) is 6.92 Å². The fourth-order valence-electron chi connectivity index (χ4n) is 0.821. The highest BCUT2D eigenvalue weighted by Gasteiger charge is 2.08. The molecule has 1 aromatic heterocycles. The summed E-state index contributed by atoms with van der Waals surface area (Å²) in [5.41, 5.74) is 0.846. The van der Waals surface area contributed by atoms with E-state index in [9.17, 15) is 4.79 Å². The Bertz CT molecular complexity index is 312. The first-order chi connectivity index (χ1) is 5.65. The lowest BCUT2D eigenvalue weighted by atomic mass is 10.2. The Morgan fingerprint density at radius 2 is 2.42 bits per heavy atom. The van der Waals surface area contributed by atoms with Crippen LogP contribution in [0.4, 0.5) is 0 Å². The normalized spacial score (nSPS) is 9.83. The summed E-state index contributed by atoms with van der Waals surface area (Å²) < 4.78 is 0. The molecule has 0 amide bonds. The van der Waals surface area contributed by atoms with Crippen molar-refractivity contribution < 1.29 is 9.90 Å². The molecule has 1 N–H and O–H groups in total. The fraction of sp³-hybridized carbons (Fsp3) is 0.250. The van der Waals surface area contributed by atoms with Crippen molar-refractivity contribution in [3.05, 3.63) is 28.5 Å². The maximum absolute atomic E-state index is 10.5. The van der Waals surface area contributed by atoms with Crippen LogP contribution in [0.25, 0.3) is 0 Å². The van der Waals surface area contributed by atoms with Crippen LogP contribution < -0.4 is 0 Å². The highest BCUT2D eigenvalue weighted by Crippen LogP contribution is 2.15. The molecule has 0 unspecified atom stereocenters. The molecule has 64 valence electrons. The molecule has 0 radical (unpaired) electrons. The molecule has 1 aromatic rings. The lowest BCUT2D eigenvalue weighted by Crippen LogP contribution is -1.99. The third kappa shape index (κ3) is 1.74. The van der Waals surface area contributed by atoms with Crippen LogP contribution >= 0.6 is 11.6 Å². The van der Waals surface area contributed by atoms with Gasteiger partial charge in [-0.2, -0.15) is 0 Å². The summed E-state index contributed by atoms with van der Waals surface area (Å²) in [6, 6.07) is 1.57. The van der Waals surface area contributed by atoms with Gasteiger partial charge in [0, 0.05) is 11.9 Å². The average molecular weight is 186 g/mol. The monoisotopic (exact) mass is 185 g/mol. The van der Waals surface area contributed by atoms with E-state index in [-0.39, 0.29) is 10.6 Å². The third-order valence-corrected chi connectivity index (χ3v) is 1.82. The quantitative estimate of drug-likeness (QED) is 0.767. The first-order valence-electron chi connectivity index (χ1n) is 3.53. The number of pyridine rings is 1. The Morgan fingerprint density at radius 1 is 1.75 bits per heavy atom. The number of aromatic carboxylic acids is 1. The standard InChI is InChI=1S/C8H8ClNO2/c1-2-5-3-7(9)6(4-10-5)8(11)12/h3-4H,2H2,1H3,(H,11,12). The van der Waals surface area contributed by atoms with Gasteiger partial charge in [-0.25, -0.2) is 4.79 Å². The average Bonchev–Trinajstić information content (AvgIpc) is 2.03. The molecule has 0 saturated carbocycles. The number of aromatic nitrogens is 1. The zero-order valence-corrected chi connectivity index (χ0v) is 7.30. The van der Waals surface area contributed by atoms with Gasteiger partial charge in [-0.3, -0.25) is 4.98 Å². The van der Waals surface area contributed by atoms with Gasteiger partial charge in [-0.05, 0) is 12.5 Å². The lowest BCUT2D eigenvalue weighted by Gasteiger charge is -1.99. The number of carbonyl (C=O) groups is 1. The predicted molar refractivity (Wildman–Crippen MR) is 45.6 cm³/mol. The molecule has 0 bridgehead atoms. The zero-order chi connectivity index (χ0) is 9.14. The first kappa shape index (κ1) is 9.00. The molecule has 0 aromatic carbocycles. The number of carboxylic acid groups (broad SMARTS) is 1. The van der Waals surface area contributed by atoms with Gasteiger partial charge in [-0.15, -0.1) is 0 Å². The van der Waals surface area contributed by atoms with Crippen molar-refractivity contribution >= 4 is 17.6 Å². The van der Waals surface area contributed by atoms with E-state index in [0.29, 0.717) is 0 Å². The predicted octanol–water partition coefficient (Wildman–Crippen LogP) is 2.00. The van der Waals surface area contributed by atoms with E-state index in [4.69, 9.17) is 16.7 Å². The molecule has 0 saturated heterocycles. The largest absolute Gasteiger partial charge is 0.478 e.